The van der Waals surface area contributed by atoms with Crippen LogP contribution in [0.1, 0.15) is 50.5 Å². The predicted molar refractivity (Wildman–Crippen MR) is 112 cm³/mol. The molecule has 1 amide bonds. The summed E-state index contributed by atoms with van der Waals surface area (Å²) in [5.41, 5.74) is 1.35. The second-order valence-electron chi connectivity index (χ2n) is 8.05. The van der Waals surface area contributed by atoms with Crippen molar-refractivity contribution < 1.29 is 14.3 Å². The molecule has 0 saturated carbocycles. The van der Waals surface area contributed by atoms with E-state index >= 15 is 0 Å². The molecule has 1 aromatic carbocycles. The van der Waals surface area contributed by atoms with Gasteiger partial charge in [-0.05, 0) is 69.3 Å². The summed E-state index contributed by atoms with van der Waals surface area (Å²) in [4.78, 5) is 17.2. The summed E-state index contributed by atoms with van der Waals surface area (Å²) < 4.78 is 11.1. The zero-order valence-corrected chi connectivity index (χ0v) is 17.4. The number of amides is 1. The zero-order chi connectivity index (χ0) is 19.6. The number of fused-ring (bicyclic) bond motifs is 3. The van der Waals surface area contributed by atoms with E-state index < -0.39 is 0 Å². The highest BCUT2D eigenvalue weighted by molar-refractivity contribution is 5.76. The van der Waals surface area contributed by atoms with Crippen LogP contribution in [0.15, 0.2) is 24.3 Å². The number of benzene rings is 1. The third kappa shape index (κ3) is 6.49. The second kappa shape index (κ2) is 11.4. The van der Waals surface area contributed by atoms with Crippen LogP contribution in [0.5, 0.6) is 5.75 Å². The second-order valence-corrected chi connectivity index (χ2v) is 8.05. The Morgan fingerprint density at radius 1 is 1.11 bits per heavy atom. The van der Waals surface area contributed by atoms with Crippen molar-refractivity contribution >= 4 is 5.91 Å². The SMILES string of the molecule is COCCC(=O)N1CCCCN2CCCCC2CCc2cccc(c2)OCC1. The fraction of sp³-hybridized carbons (Fsp3) is 0.696. The molecule has 1 fully saturated rings. The van der Waals surface area contributed by atoms with E-state index in [4.69, 9.17) is 9.47 Å². The van der Waals surface area contributed by atoms with E-state index in [-0.39, 0.29) is 5.91 Å². The summed E-state index contributed by atoms with van der Waals surface area (Å²) in [6.07, 6.45) is 8.98. The molecule has 5 nitrogen and oxygen atoms in total. The van der Waals surface area contributed by atoms with Gasteiger partial charge in [0.15, 0.2) is 0 Å². The lowest BCUT2D eigenvalue weighted by Gasteiger charge is -2.36. The van der Waals surface area contributed by atoms with Gasteiger partial charge in [-0.3, -0.25) is 4.79 Å². The van der Waals surface area contributed by atoms with E-state index in [1.807, 2.05) is 11.0 Å². The Labute approximate surface area is 170 Å². The molecule has 2 heterocycles. The first-order valence-corrected chi connectivity index (χ1v) is 11.0. The molecule has 1 atom stereocenters. The topological polar surface area (TPSA) is 42.0 Å². The molecule has 0 aromatic heterocycles. The molecule has 156 valence electrons. The van der Waals surface area contributed by atoms with Gasteiger partial charge in [0, 0.05) is 19.7 Å². The summed E-state index contributed by atoms with van der Waals surface area (Å²) in [5, 5.41) is 0. The number of rotatable bonds is 3. The fourth-order valence-corrected chi connectivity index (χ4v) is 4.41. The Morgan fingerprint density at radius 2 is 1.93 bits per heavy atom. The highest BCUT2D eigenvalue weighted by atomic mass is 16.5. The average molecular weight is 389 g/mol. The van der Waals surface area contributed by atoms with Crippen LogP contribution in [0.3, 0.4) is 0 Å². The number of carbonyl (C=O) groups is 1. The first-order chi connectivity index (χ1) is 13.8. The van der Waals surface area contributed by atoms with E-state index in [0.717, 1.165) is 38.1 Å². The molecule has 5 heteroatoms. The molecule has 0 N–H and O–H groups in total. The number of carbonyl (C=O) groups excluding carboxylic acids is 1. The number of hydrogen-bond donors (Lipinski definition) is 0. The van der Waals surface area contributed by atoms with E-state index in [2.05, 4.69) is 23.1 Å². The van der Waals surface area contributed by atoms with E-state index in [1.54, 1.807) is 7.11 Å². The van der Waals surface area contributed by atoms with Gasteiger partial charge in [0.2, 0.25) is 5.91 Å². The Hall–Kier alpha value is -1.59. The van der Waals surface area contributed by atoms with Gasteiger partial charge in [-0.25, -0.2) is 0 Å². The summed E-state index contributed by atoms with van der Waals surface area (Å²) in [6.45, 7) is 4.85. The molecule has 3 rings (SSSR count). The lowest BCUT2D eigenvalue weighted by molar-refractivity contribution is -0.132. The number of methoxy groups -OCH3 is 1. The normalized spacial score (nSPS) is 22.5. The van der Waals surface area contributed by atoms with Crippen LogP contribution in [-0.2, 0) is 16.0 Å². The van der Waals surface area contributed by atoms with Gasteiger partial charge in [-0.15, -0.1) is 0 Å². The van der Waals surface area contributed by atoms with Crippen molar-refractivity contribution in [2.45, 2.75) is 57.4 Å². The zero-order valence-electron chi connectivity index (χ0n) is 17.4. The standard InChI is InChI=1S/C23H36N2O3/c1-27-17-12-23(26)25-15-5-4-14-24-13-3-2-8-21(24)11-10-20-7-6-9-22(19-20)28-18-16-25/h6-7,9,19,21H,2-5,8,10-18H2,1H3. The molecule has 0 radical (unpaired) electrons. The van der Waals surface area contributed by atoms with E-state index in [9.17, 15) is 4.79 Å². The van der Waals surface area contributed by atoms with Gasteiger partial charge in [-0.1, -0.05) is 18.6 Å². The summed E-state index contributed by atoms with van der Waals surface area (Å²) in [6, 6.07) is 9.18. The molecule has 1 saturated heterocycles. The Morgan fingerprint density at radius 3 is 2.79 bits per heavy atom. The largest absolute Gasteiger partial charge is 0.492 e. The molecule has 2 aliphatic heterocycles. The lowest BCUT2D eigenvalue weighted by atomic mass is 9.95. The van der Waals surface area contributed by atoms with Gasteiger partial charge >= 0.3 is 0 Å². The van der Waals surface area contributed by atoms with Crippen LogP contribution >= 0.6 is 0 Å². The molecule has 28 heavy (non-hydrogen) atoms. The molecule has 0 aliphatic carbocycles. The summed E-state index contributed by atoms with van der Waals surface area (Å²) in [5.74, 6) is 1.08. The molecular formula is C23H36N2O3. The van der Waals surface area contributed by atoms with Gasteiger partial charge in [0.1, 0.15) is 12.4 Å². The number of nitrogens with zero attached hydrogens (tertiary/aromatic N) is 2. The molecular weight excluding hydrogens is 352 g/mol. The maximum Gasteiger partial charge on any atom is 0.225 e. The van der Waals surface area contributed by atoms with Crippen LogP contribution in [0.25, 0.3) is 0 Å². The van der Waals surface area contributed by atoms with Crippen molar-refractivity contribution in [3.63, 3.8) is 0 Å². The maximum absolute atomic E-state index is 12.5. The van der Waals surface area contributed by atoms with Gasteiger partial charge in [0.05, 0.1) is 19.6 Å². The highest BCUT2D eigenvalue weighted by Gasteiger charge is 2.22. The highest BCUT2D eigenvalue weighted by Crippen LogP contribution is 2.23. The van der Waals surface area contributed by atoms with Crippen molar-refractivity contribution in [1.82, 2.24) is 9.80 Å². The number of ether oxygens (including phenoxy) is 2. The van der Waals surface area contributed by atoms with Crippen LogP contribution in [0.2, 0.25) is 0 Å². The summed E-state index contributed by atoms with van der Waals surface area (Å²) >= 11 is 0. The van der Waals surface area contributed by atoms with Crippen molar-refractivity contribution in [2.24, 2.45) is 0 Å². The number of aryl methyl sites for hydroxylation is 1. The minimum Gasteiger partial charge on any atom is -0.492 e. The Balaban J connectivity index is 1.67. The first kappa shape index (κ1) is 21.1. The van der Waals surface area contributed by atoms with Crippen LogP contribution < -0.4 is 4.74 Å². The Bertz CT molecular complexity index is 607. The third-order valence-electron chi connectivity index (χ3n) is 6.04. The first-order valence-electron chi connectivity index (χ1n) is 11.0. The lowest BCUT2D eigenvalue weighted by Crippen LogP contribution is -2.41. The molecule has 2 aliphatic rings. The molecule has 1 aromatic rings. The smallest absolute Gasteiger partial charge is 0.225 e. The van der Waals surface area contributed by atoms with Crippen molar-refractivity contribution in [3.05, 3.63) is 29.8 Å². The van der Waals surface area contributed by atoms with Gasteiger partial charge in [0.25, 0.3) is 0 Å². The van der Waals surface area contributed by atoms with Crippen LogP contribution in [0, 0.1) is 0 Å². The van der Waals surface area contributed by atoms with E-state index in [0.29, 0.717) is 32.2 Å². The summed E-state index contributed by atoms with van der Waals surface area (Å²) in [7, 11) is 1.64. The van der Waals surface area contributed by atoms with Crippen LogP contribution in [0.4, 0.5) is 0 Å². The minimum absolute atomic E-state index is 0.166. The van der Waals surface area contributed by atoms with Gasteiger partial charge < -0.3 is 19.3 Å². The van der Waals surface area contributed by atoms with Crippen molar-refractivity contribution in [1.29, 1.82) is 0 Å². The Kier molecular flexibility index (Phi) is 8.62. The molecule has 1 unspecified atom stereocenters. The van der Waals surface area contributed by atoms with E-state index in [1.165, 1.54) is 37.8 Å². The predicted octanol–water partition coefficient (Wildman–Crippen LogP) is 3.51. The monoisotopic (exact) mass is 388 g/mol. The molecule has 2 bridgehead atoms. The van der Waals surface area contributed by atoms with Crippen molar-refractivity contribution in [2.75, 3.05) is 46.5 Å². The molecule has 0 spiro atoms. The number of hydrogen-bond acceptors (Lipinski definition) is 4. The average Bonchev–Trinajstić information content (AvgIpc) is 2.73. The minimum atomic E-state index is 0.166. The fourth-order valence-electron chi connectivity index (χ4n) is 4.41. The maximum atomic E-state index is 12.5. The van der Waals surface area contributed by atoms with Crippen molar-refractivity contribution in [3.8, 4) is 5.75 Å². The third-order valence-corrected chi connectivity index (χ3v) is 6.04. The quantitative estimate of drug-likeness (QED) is 0.795. The number of piperidine rings is 1. The van der Waals surface area contributed by atoms with Crippen LogP contribution in [-0.4, -0.2) is 68.3 Å². The van der Waals surface area contributed by atoms with Gasteiger partial charge in [-0.2, -0.15) is 0 Å².